The lowest BCUT2D eigenvalue weighted by molar-refractivity contribution is 0.673. The smallest absolute Gasteiger partial charge is 0.0471 e. The van der Waals surface area contributed by atoms with E-state index in [1.807, 2.05) is 12.3 Å². The monoisotopic (exact) mass is 196 g/mol. The molecule has 3 heteroatoms. The Morgan fingerprint density at radius 3 is 2.92 bits per heavy atom. The Morgan fingerprint density at radius 1 is 1.46 bits per heavy atom. The highest BCUT2D eigenvalue weighted by Crippen LogP contribution is 2.36. The van der Waals surface area contributed by atoms with Crippen LogP contribution in [0.2, 0.25) is 5.02 Å². The van der Waals surface area contributed by atoms with Gasteiger partial charge in [0, 0.05) is 23.5 Å². The van der Waals surface area contributed by atoms with Crippen LogP contribution in [0.25, 0.3) is 0 Å². The van der Waals surface area contributed by atoms with Gasteiger partial charge in [-0.2, -0.15) is 0 Å². The van der Waals surface area contributed by atoms with Crippen LogP contribution in [0.5, 0.6) is 0 Å². The molecule has 1 heterocycles. The topological polar surface area (TPSA) is 38.9 Å². The van der Waals surface area contributed by atoms with Crippen LogP contribution < -0.4 is 5.73 Å². The molecule has 2 rings (SSSR count). The third-order valence-corrected chi connectivity index (χ3v) is 3.05. The molecule has 0 bridgehead atoms. The SMILES string of the molecule is NC1CCC(c2cnccc2Cl)C1. The van der Waals surface area contributed by atoms with Crippen LogP contribution in [0, 0.1) is 0 Å². The predicted octanol–water partition coefficient (Wildman–Crippen LogP) is 2.33. The predicted molar refractivity (Wildman–Crippen MR) is 53.8 cm³/mol. The zero-order valence-electron chi connectivity index (χ0n) is 7.41. The lowest BCUT2D eigenvalue weighted by Gasteiger charge is -2.10. The van der Waals surface area contributed by atoms with Crippen molar-refractivity contribution in [3.05, 3.63) is 29.0 Å². The average Bonchev–Trinajstić information content (AvgIpc) is 2.53. The van der Waals surface area contributed by atoms with Gasteiger partial charge in [-0.25, -0.2) is 0 Å². The van der Waals surface area contributed by atoms with Crippen molar-refractivity contribution in [1.29, 1.82) is 0 Å². The highest BCUT2D eigenvalue weighted by Gasteiger charge is 2.24. The maximum atomic E-state index is 6.07. The van der Waals surface area contributed by atoms with Gasteiger partial charge in [0.2, 0.25) is 0 Å². The second-order valence-electron chi connectivity index (χ2n) is 3.67. The van der Waals surface area contributed by atoms with Crippen LogP contribution in [0.15, 0.2) is 18.5 Å². The van der Waals surface area contributed by atoms with Crippen molar-refractivity contribution in [1.82, 2.24) is 4.98 Å². The van der Waals surface area contributed by atoms with E-state index >= 15 is 0 Å². The minimum Gasteiger partial charge on any atom is -0.328 e. The first-order chi connectivity index (χ1) is 6.27. The van der Waals surface area contributed by atoms with E-state index in [1.165, 1.54) is 0 Å². The number of hydrogen-bond acceptors (Lipinski definition) is 2. The van der Waals surface area contributed by atoms with Crippen molar-refractivity contribution in [3.8, 4) is 0 Å². The molecule has 2 nitrogen and oxygen atoms in total. The number of rotatable bonds is 1. The minimum absolute atomic E-state index is 0.348. The molecule has 70 valence electrons. The summed E-state index contributed by atoms with van der Waals surface area (Å²) < 4.78 is 0. The molecule has 0 aromatic carbocycles. The van der Waals surface area contributed by atoms with Gasteiger partial charge in [0.1, 0.15) is 0 Å². The molecule has 1 saturated carbocycles. The Kier molecular flexibility index (Phi) is 2.51. The van der Waals surface area contributed by atoms with E-state index in [0.29, 0.717) is 12.0 Å². The van der Waals surface area contributed by atoms with Gasteiger partial charge in [-0.3, -0.25) is 4.98 Å². The molecule has 2 unspecified atom stereocenters. The Morgan fingerprint density at radius 2 is 2.31 bits per heavy atom. The van der Waals surface area contributed by atoms with Gasteiger partial charge in [-0.05, 0) is 36.8 Å². The first-order valence-electron chi connectivity index (χ1n) is 4.62. The minimum atomic E-state index is 0.348. The van der Waals surface area contributed by atoms with E-state index in [4.69, 9.17) is 17.3 Å². The van der Waals surface area contributed by atoms with Crippen molar-refractivity contribution >= 4 is 11.6 Å². The third kappa shape index (κ3) is 1.84. The Labute approximate surface area is 83.1 Å². The second kappa shape index (κ2) is 3.64. The van der Waals surface area contributed by atoms with Gasteiger partial charge < -0.3 is 5.73 Å². The van der Waals surface area contributed by atoms with Crippen molar-refractivity contribution in [3.63, 3.8) is 0 Å². The molecule has 1 aromatic heterocycles. The van der Waals surface area contributed by atoms with E-state index in [0.717, 1.165) is 29.8 Å². The molecule has 0 spiro atoms. The van der Waals surface area contributed by atoms with Crippen LogP contribution in [0.3, 0.4) is 0 Å². The van der Waals surface area contributed by atoms with E-state index in [9.17, 15) is 0 Å². The fourth-order valence-corrected chi connectivity index (χ4v) is 2.25. The number of nitrogens with zero attached hydrogens (tertiary/aromatic N) is 1. The van der Waals surface area contributed by atoms with Gasteiger partial charge in [0.25, 0.3) is 0 Å². The molecule has 0 aliphatic heterocycles. The first kappa shape index (κ1) is 8.97. The molecule has 0 saturated heterocycles. The molecule has 0 amide bonds. The maximum Gasteiger partial charge on any atom is 0.0471 e. The standard InChI is InChI=1S/C10H13ClN2/c11-10-3-4-13-6-9(10)7-1-2-8(12)5-7/h3-4,6-8H,1-2,5,12H2. The average molecular weight is 197 g/mol. The molecule has 2 atom stereocenters. The van der Waals surface area contributed by atoms with Crippen LogP contribution >= 0.6 is 11.6 Å². The fraction of sp³-hybridized carbons (Fsp3) is 0.500. The fourth-order valence-electron chi connectivity index (χ4n) is 1.99. The van der Waals surface area contributed by atoms with Crippen LogP contribution in [-0.2, 0) is 0 Å². The molecule has 1 aliphatic carbocycles. The van der Waals surface area contributed by atoms with E-state index in [-0.39, 0.29) is 0 Å². The van der Waals surface area contributed by atoms with E-state index in [2.05, 4.69) is 4.98 Å². The Bertz CT molecular complexity index is 301. The van der Waals surface area contributed by atoms with Crippen LogP contribution in [0.1, 0.15) is 30.7 Å². The summed E-state index contributed by atoms with van der Waals surface area (Å²) in [6.45, 7) is 0. The molecule has 2 N–H and O–H groups in total. The molecular formula is C10H13ClN2. The quantitative estimate of drug-likeness (QED) is 0.749. The molecule has 1 fully saturated rings. The summed E-state index contributed by atoms with van der Waals surface area (Å²) in [6, 6.07) is 2.20. The van der Waals surface area contributed by atoms with Crippen molar-refractivity contribution in [2.45, 2.75) is 31.2 Å². The van der Waals surface area contributed by atoms with Crippen molar-refractivity contribution in [2.75, 3.05) is 0 Å². The van der Waals surface area contributed by atoms with Gasteiger partial charge in [-0.15, -0.1) is 0 Å². The molecule has 13 heavy (non-hydrogen) atoms. The molecule has 1 aromatic rings. The van der Waals surface area contributed by atoms with Gasteiger partial charge in [-0.1, -0.05) is 11.6 Å². The summed E-state index contributed by atoms with van der Waals surface area (Å²) in [7, 11) is 0. The lowest BCUT2D eigenvalue weighted by Crippen LogP contribution is -2.14. The molecule has 0 radical (unpaired) electrons. The summed E-state index contributed by atoms with van der Waals surface area (Å²) in [5.41, 5.74) is 7.01. The number of hydrogen-bond donors (Lipinski definition) is 1. The van der Waals surface area contributed by atoms with Crippen LogP contribution in [-0.4, -0.2) is 11.0 Å². The van der Waals surface area contributed by atoms with Crippen molar-refractivity contribution in [2.24, 2.45) is 5.73 Å². The maximum absolute atomic E-state index is 6.07. The summed E-state index contributed by atoms with van der Waals surface area (Å²) in [4.78, 5) is 4.09. The van der Waals surface area contributed by atoms with Gasteiger partial charge >= 0.3 is 0 Å². The van der Waals surface area contributed by atoms with E-state index in [1.54, 1.807) is 6.20 Å². The van der Waals surface area contributed by atoms with E-state index < -0.39 is 0 Å². The zero-order chi connectivity index (χ0) is 9.26. The number of aromatic nitrogens is 1. The summed E-state index contributed by atoms with van der Waals surface area (Å²) in [6.07, 6.45) is 6.89. The number of pyridine rings is 1. The Balaban J connectivity index is 2.21. The Hall–Kier alpha value is -0.600. The third-order valence-electron chi connectivity index (χ3n) is 2.71. The highest BCUT2D eigenvalue weighted by atomic mass is 35.5. The number of halogens is 1. The molecular weight excluding hydrogens is 184 g/mol. The summed E-state index contributed by atoms with van der Waals surface area (Å²) in [5.74, 6) is 0.524. The lowest BCUT2D eigenvalue weighted by atomic mass is 9.99. The van der Waals surface area contributed by atoms with Crippen molar-refractivity contribution < 1.29 is 0 Å². The largest absolute Gasteiger partial charge is 0.328 e. The highest BCUT2D eigenvalue weighted by molar-refractivity contribution is 6.31. The summed E-state index contributed by atoms with van der Waals surface area (Å²) in [5, 5.41) is 0.828. The molecule has 1 aliphatic rings. The normalized spacial score (nSPS) is 27.8. The summed E-state index contributed by atoms with van der Waals surface area (Å²) >= 11 is 6.07. The second-order valence-corrected chi connectivity index (χ2v) is 4.07. The van der Waals surface area contributed by atoms with Gasteiger partial charge in [0.05, 0.1) is 0 Å². The first-order valence-corrected chi connectivity index (χ1v) is 5.00. The zero-order valence-corrected chi connectivity index (χ0v) is 8.17. The van der Waals surface area contributed by atoms with Crippen LogP contribution in [0.4, 0.5) is 0 Å². The number of nitrogens with two attached hydrogens (primary N) is 1. The van der Waals surface area contributed by atoms with Gasteiger partial charge in [0.15, 0.2) is 0 Å².